The highest BCUT2D eigenvalue weighted by Crippen LogP contribution is 2.31. The van der Waals surface area contributed by atoms with Gasteiger partial charge in [-0.2, -0.15) is 13.2 Å². The lowest BCUT2D eigenvalue weighted by molar-refractivity contribution is -0.137. The highest BCUT2D eigenvalue weighted by Gasteiger charge is 2.31. The van der Waals surface area contributed by atoms with E-state index in [0.717, 1.165) is 29.1 Å². The van der Waals surface area contributed by atoms with E-state index in [4.69, 9.17) is 4.74 Å². The van der Waals surface area contributed by atoms with Crippen LogP contribution in [0.25, 0.3) is 11.4 Å². The third-order valence-electron chi connectivity index (χ3n) is 6.39. The Kier molecular flexibility index (Phi) is 6.45. The molecule has 190 valence electrons. The molecule has 5 nitrogen and oxygen atoms in total. The fourth-order valence-corrected chi connectivity index (χ4v) is 4.54. The van der Waals surface area contributed by atoms with E-state index >= 15 is 0 Å². The van der Waals surface area contributed by atoms with E-state index in [-0.39, 0.29) is 17.9 Å². The van der Waals surface area contributed by atoms with Crippen molar-refractivity contribution in [3.05, 3.63) is 107 Å². The number of halogens is 4. The number of hydrogen-bond acceptors (Lipinski definition) is 3. The van der Waals surface area contributed by atoms with Gasteiger partial charge in [0.1, 0.15) is 17.3 Å². The Morgan fingerprint density at radius 2 is 1.62 bits per heavy atom. The van der Waals surface area contributed by atoms with Gasteiger partial charge in [-0.3, -0.25) is 9.78 Å². The number of benzene rings is 2. The third kappa shape index (κ3) is 5.21. The number of carbonyl (C=O) groups is 1. The summed E-state index contributed by atoms with van der Waals surface area (Å²) in [5.74, 6) is -0.246. The molecule has 2 aromatic carbocycles. The number of amides is 1. The molecule has 4 aromatic rings. The number of carbonyl (C=O) groups excluding carboxylic acids is 1. The van der Waals surface area contributed by atoms with E-state index in [1.807, 2.05) is 34.9 Å². The molecule has 0 saturated heterocycles. The van der Waals surface area contributed by atoms with Crippen LogP contribution in [0.1, 0.15) is 32.7 Å². The molecular weight excluding hydrogens is 486 g/mol. The average molecular weight is 510 g/mol. The summed E-state index contributed by atoms with van der Waals surface area (Å²) in [6.07, 6.45) is -2.94. The van der Waals surface area contributed by atoms with Crippen molar-refractivity contribution in [2.24, 2.45) is 0 Å². The maximum absolute atomic E-state index is 13.7. The molecule has 2 aromatic heterocycles. The average Bonchev–Trinajstić information content (AvgIpc) is 3.31. The van der Waals surface area contributed by atoms with Gasteiger partial charge in [-0.15, -0.1) is 0 Å². The van der Waals surface area contributed by atoms with Crippen molar-refractivity contribution in [2.45, 2.75) is 25.7 Å². The van der Waals surface area contributed by atoms with Crippen molar-refractivity contribution in [1.82, 2.24) is 14.5 Å². The molecule has 5 rings (SSSR count). The van der Waals surface area contributed by atoms with Crippen LogP contribution in [0.4, 0.5) is 17.6 Å². The van der Waals surface area contributed by atoms with E-state index in [1.54, 1.807) is 36.4 Å². The number of rotatable bonds is 6. The van der Waals surface area contributed by atoms with E-state index < -0.39 is 17.6 Å². The number of nitrogens with zero attached hydrogens (tertiary/aromatic N) is 3. The van der Waals surface area contributed by atoms with E-state index in [9.17, 15) is 22.4 Å². The van der Waals surface area contributed by atoms with Crippen molar-refractivity contribution in [3.8, 4) is 17.1 Å². The molecule has 1 aliphatic heterocycles. The van der Waals surface area contributed by atoms with Crippen LogP contribution in [0.3, 0.4) is 0 Å². The Bertz CT molecular complexity index is 1430. The molecule has 0 saturated carbocycles. The maximum atomic E-state index is 13.7. The van der Waals surface area contributed by atoms with Gasteiger partial charge in [-0.1, -0.05) is 18.2 Å². The van der Waals surface area contributed by atoms with Crippen LogP contribution in [0.2, 0.25) is 0 Å². The summed E-state index contributed by atoms with van der Waals surface area (Å²) in [5.41, 5.74) is 2.84. The van der Waals surface area contributed by atoms with Crippen LogP contribution in [-0.4, -0.2) is 34.0 Å². The standard InChI is InChI=1S/C28H23F4N3O2/c1-37-23-5-2-18(3-6-23)17-34-10-11-35-25(8-9-26(35)27(34)36)24-7-4-19(16-33-24)12-20-13-21(28(30,31)32)15-22(29)14-20/h2-9,13-16H,10-12,17H2,1H3. The summed E-state index contributed by atoms with van der Waals surface area (Å²) in [4.78, 5) is 19.4. The monoisotopic (exact) mass is 509 g/mol. The predicted molar refractivity (Wildman–Crippen MR) is 130 cm³/mol. The zero-order chi connectivity index (χ0) is 26.2. The van der Waals surface area contributed by atoms with Crippen molar-refractivity contribution < 1.29 is 27.1 Å². The largest absolute Gasteiger partial charge is 0.497 e. The Morgan fingerprint density at radius 1 is 0.892 bits per heavy atom. The van der Waals surface area contributed by atoms with Crippen molar-refractivity contribution in [2.75, 3.05) is 13.7 Å². The molecule has 0 radical (unpaired) electrons. The number of ether oxygens (including phenoxy) is 1. The predicted octanol–water partition coefficient (Wildman–Crippen LogP) is 5.96. The number of pyridine rings is 1. The fourth-order valence-electron chi connectivity index (χ4n) is 4.54. The lowest BCUT2D eigenvalue weighted by Gasteiger charge is -2.29. The first-order valence-corrected chi connectivity index (χ1v) is 11.6. The Hall–Kier alpha value is -4.14. The number of aromatic nitrogens is 2. The van der Waals surface area contributed by atoms with Gasteiger partial charge in [0.25, 0.3) is 5.91 Å². The lowest BCUT2D eigenvalue weighted by Crippen LogP contribution is -2.39. The van der Waals surface area contributed by atoms with Gasteiger partial charge < -0.3 is 14.2 Å². The number of fused-ring (bicyclic) bond motifs is 1. The van der Waals surface area contributed by atoms with Crippen molar-refractivity contribution in [1.29, 1.82) is 0 Å². The zero-order valence-corrected chi connectivity index (χ0v) is 19.9. The van der Waals surface area contributed by atoms with E-state index in [2.05, 4.69) is 4.98 Å². The molecule has 0 N–H and O–H groups in total. The topological polar surface area (TPSA) is 47.4 Å². The summed E-state index contributed by atoms with van der Waals surface area (Å²) in [5, 5.41) is 0. The smallest absolute Gasteiger partial charge is 0.416 e. The van der Waals surface area contributed by atoms with Gasteiger partial charge in [0.2, 0.25) is 0 Å². The minimum atomic E-state index is -4.62. The van der Waals surface area contributed by atoms with Gasteiger partial charge in [-0.05, 0) is 71.6 Å². The first kappa shape index (κ1) is 24.5. The van der Waals surface area contributed by atoms with Crippen LogP contribution >= 0.6 is 0 Å². The molecule has 1 amide bonds. The minimum Gasteiger partial charge on any atom is -0.497 e. The van der Waals surface area contributed by atoms with Gasteiger partial charge in [0.05, 0.1) is 24.1 Å². The van der Waals surface area contributed by atoms with Crippen LogP contribution < -0.4 is 4.74 Å². The zero-order valence-electron chi connectivity index (χ0n) is 19.9. The molecule has 37 heavy (non-hydrogen) atoms. The molecule has 0 bridgehead atoms. The first-order valence-electron chi connectivity index (χ1n) is 11.6. The van der Waals surface area contributed by atoms with Crippen LogP contribution in [0.15, 0.2) is 72.9 Å². The Labute approximate surface area is 210 Å². The minimum absolute atomic E-state index is 0.0727. The Balaban J connectivity index is 1.31. The van der Waals surface area contributed by atoms with Crippen LogP contribution in [0, 0.1) is 5.82 Å². The van der Waals surface area contributed by atoms with Crippen LogP contribution in [-0.2, 0) is 25.7 Å². The van der Waals surface area contributed by atoms with Crippen molar-refractivity contribution >= 4 is 5.91 Å². The number of hydrogen-bond donors (Lipinski definition) is 0. The second-order valence-corrected chi connectivity index (χ2v) is 8.90. The number of alkyl halides is 3. The fraction of sp³-hybridized carbons (Fsp3) is 0.214. The molecule has 0 aliphatic carbocycles. The van der Waals surface area contributed by atoms with E-state index in [0.29, 0.717) is 42.7 Å². The molecular formula is C28H23F4N3O2. The number of methoxy groups -OCH3 is 1. The Morgan fingerprint density at radius 3 is 2.30 bits per heavy atom. The summed E-state index contributed by atoms with van der Waals surface area (Å²) in [6, 6.07) is 17.3. The van der Waals surface area contributed by atoms with Crippen LogP contribution in [0.5, 0.6) is 5.75 Å². The quantitative estimate of drug-likeness (QED) is 0.301. The van der Waals surface area contributed by atoms with E-state index in [1.165, 1.54) is 0 Å². The van der Waals surface area contributed by atoms with Gasteiger partial charge >= 0.3 is 6.18 Å². The van der Waals surface area contributed by atoms with Gasteiger partial charge in [0.15, 0.2) is 0 Å². The molecule has 1 aliphatic rings. The molecule has 0 fully saturated rings. The van der Waals surface area contributed by atoms with Gasteiger partial charge in [-0.25, -0.2) is 4.39 Å². The second kappa shape index (κ2) is 9.72. The third-order valence-corrected chi connectivity index (χ3v) is 6.39. The molecule has 0 unspecified atom stereocenters. The first-order chi connectivity index (χ1) is 17.7. The maximum Gasteiger partial charge on any atom is 0.416 e. The molecule has 0 atom stereocenters. The molecule has 0 spiro atoms. The lowest BCUT2D eigenvalue weighted by atomic mass is 10.0. The highest BCUT2D eigenvalue weighted by atomic mass is 19.4. The molecule has 9 heteroatoms. The molecule has 3 heterocycles. The highest BCUT2D eigenvalue weighted by molar-refractivity contribution is 5.94. The normalized spacial score (nSPS) is 13.5. The SMILES string of the molecule is COc1ccc(CN2CCn3c(ccc3-c3ccc(Cc4cc(F)cc(C(F)(F)F)c4)cn3)C2=O)cc1. The summed E-state index contributed by atoms with van der Waals surface area (Å²) < 4.78 is 59.9. The van der Waals surface area contributed by atoms with Gasteiger partial charge in [0, 0.05) is 25.8 Å². The second-order valence-electron chi connectivity index (χ2n) is 8.90. The summed E-state index contributed by atoms with van der Waals surface area (Å²) in [7, 11) is 1.61. The summed E-state index contributed by atoms with van der Waals surface area (Å²) in [6.45, 7) is 1.64. The van der Waals surface area contributed by atoms with Crippen molar-refractivity contribution in [3.63, 3.8) is 0 Å². The summed E-state index contributed by atoms with van der Waals surface area (Å²) >= 11 is 0.